The third kappa shape index (κ3) is 6.28. The molecule has 1 aromatic heterocycles. The van der Waals surface area contributed by atoms with E-state index >= 15 is 0 Å². The lowest BCUT2D eigenvalue weighted by Crippen LogP contribution is -2.51. The highest BCUT2D eigenvalue weighted by molar-refractivity contribution is 7.99. The lowest BCUT2D eigenvalue weighted by Gasteiger charge is -2.42. The lowest BCUT2D eigenvalue weighted by molar-refractivity contribution is -0.384. The number of anilines is 2. The van der Waals surface area contributed by atoms with Crippen molar-refractivity contribution in [3.63, 3.8) is 0 Å². The molecule has 1 aliphatic heterocycles. The first-order valence-electron chi connectivity index (χ1n) is 12.7. The smallest absolute Gasteiger partial charge is 0.277 e. The highest BCUT2D eigenvalue weighted by Crippen LogP contribution is 2.30. The van der Waals surface area contributed by atoms with Crippen molar-refractivity contribution in [1.29, 1.82) is 0 Å². The van der Waals surface area contributed by atoms with Crippen molar-refractivity contribution in [2.75, 3.05) is 42.1 Å². The Morgan fingerprint density at radius 1 is 1.05 bits per heavy atom. The van der Waals surface area contributed by atoms with Crippen molar-refractivity contribution in [3.05, 3.63) is 58.6 Å². The zero-order chi connectivity index (χ0) is 25.6. The number of carbonyl (C=O) groups is 1. The van der Waals surface area contributed by atoms with Gasteiger partial charge in [-0.3, -0.25) is 19.8 Å². The number of carbonyl (C=O) groups excluding carboxylic acids is 1. The topological polar surface area (TPSA) is 118 Å². The van der Waals surface area contributed by atoms with E-state index in [4.69, 9.17) is 4.42 Å². The molecule has 2 fully saturated rings. The molecule has 1 aliphatic carbocycles. The minimum atomic E-state index is -0.478. The van der Waals surface area contributed by atoms with Crippen molar-refractivity contribution < 1.29 is 14.1 Å². The van der Waals surface area contributed by atoms with E-state index in [0.29, 0.717) is 5.56 Å². The van der Waals surface area contributed by atoms with E-state index in [-0.39, 0.29) is 28.5 Å². The second-order valence-electron chi connectivity index (χ2n) is 9.35. The summed E-state index contributed by atoms with van der Waals surface area (Å²) in [5, 5.41) is 22.2. The summed E-state index contributed by atoms with van der Waals surface area (Å²) in [6.07, 6.45) is 6.69. The van der Waals surface area contributed by atoms with Gasteiger partial charge in [0.15, 0.2) is 0 Å². The van der Waals surface area contributed by atoms with E-state index in [1.807, 2.05) is 18.2 Å². The van der Waals surface area contributed by atoms with E-state index in [9.17, 15) is 14.9 Å². The van der Waals surface area contributed by atoms with Gasteiger partial charge in [-0.15, -0.1) is 10.2 Å². The van der Waals surface area contributed by atoms with E-state index in [1.165, 1.54) is 44.2 Å². The van der Waals surface area contributed by atoms with Gasteiger partial charge in [0.2, 0.25) is 11.8 Å². The molecule has 1 N–H and O–H groups in total. The largest absolute Gasteiger partial charge is 0.411 e. The summed E-state index contributed by atoms with van der Waals surface area (Å²) in [6.45, 7) is 3.99. The Balaban J connectivity index is 1.15. The van der Waals surface area contributed by atoms with Gasteiger partial charge < -0.3 is 14.6 Å². The molecule has 2 heterocycles. The Hall–Kier alpha value is -3.44. The molecule has 10 nitrogen and oxygen atoms in total. The van der Waals surface area contributed by atoms with Crippen LogP contribution in [0.1, 0.15) is 32.1 Å². The van der Waals surface area contributed by atoms with Crippen LogP contribution in [0, 0.1) is 10.1 Å². The van der Waals surface area contributed by atoms with Gasteiger partial charge >= 0.3 is 0 Å². The van der Waals surface area contributed by atoms with Crippen molar-refractivity contribution in [2.24, 2.45) is 0 Å². The molecule has 0 unspecified atom stereocenters. The predicted octanol–water partition coefficient (Wildman–Crippen LogP) is 4.83. The van der Waals surface area contributed by atoms with Gasteiger partial charge in [-0.05, 0) is 31.0 Å². The number of benzene rings is 2. The number of rotatable bonds is 8. The summed E-state index contributed by atoms with van der Waals surface area (Å²) in [4.78, 5) is 28.3. The van der Waals surface area contributed by atoms with Gasteiger partial charge in [-0.2, -0.15) is 0 Å². The number of piperazine rings is 1. The zero-order valence-electron chi connectivity index (χ0n) is 20.5. The van der Waals surface area contributed by atoms with E-state index in [0.717, 1.165) is 55.4 Å². The van der Waals surface area contributed by atoms with Crippen LogP contribution in [0.5, 0.6) is 0 Å². The highest BCUT2D eigenvalue weighted by atomic mass is 32.2. The number of aromatic nitrogens is 2. The molecule has 1 saturated carbocycles. The maximum atomic E-state index is 12.8. The molecule has 1 saturated heterocycles. The molecule has 0 spiro atoms. The number of nitro groups is 1. The summed E-state index contributed by atoms with van der Waals surface area (Å²) in [7, 11) is 0. The third-order valence-corrected chi connectivity index (χ3v) is 7.78. The van der Waals surface area contributed by atoms with E-state index in [1.54, 1.807) is 12.1 Å². The molecule has 0 atom stereocenters. The molecular formula is C26H30N6O4S. The molecule has 1 amide bonds. The molecule has 194 valence electrons. The number of nitrogens with one attached hydrogen (secondary N) is 1. The van der Waals surface area contributed by atoms with Crippen molar-refractivity contribution >= 4 is 34.7 Å². The van der Waals surface area contributed by atoms with Crippen LogP contribution >= 0.6 is 11.8 Å². The Morgan fingerprint density at radius 3 is 2.62 bits per heavy atom. The fourth-order valence-corrected chi connectivity index (χ4v) is 5.64. The summed E-state index contributed by atoms with van der Waals surface area (Å²) in [5.41, 5.74) is 2.23. The molecule has 2 aromatic carbocycles. The van der Waals surface area contributed by atoms with Crippen molar-refractivity contribution in [1.82, 2.24) is 15.1 Å². The quantitative estimate of drug-likeness (QED) is 0.252. The fraction of sp³-hybridized carbons (Fsp3) is 0.423. The fourth-order valence-electron chi connectivity index (χ4n) is 5.08. The first-order valence-corrected chi connectivity index (χ1v) is 13.6. The number of nitrogens with zero attached hydrogens (tertiary/aromatic N) is 5. The molecule has 0 radical (unpaired) electrons. The monoisotopic (exact) mass is 522 g/mol. The maximum Gasteiger partial charge on any atom is 0.277 e. The van der Waals surface area contributed by atoms with E-state index < -0.39 is 4.92 Å². The third-order valence-electron chi connectivity index (χ3n) is 6.96. The highest BCUT2D eigenvalue weighted by Gasteiger charge is 2.26. The van der Waals surface area contributed by atoms with Crippen LogP contribution in [0.3, 0.4) is 0 Å². The molecule has 5 rings (SSSR count). The summed E-state index contributed by atoms with van der Waals surface area (Å²) >= 11 is 1.12. The first kappa shape index (κ1) is 25.2. The summed E-state index contributed by atoms with van der Waals surface area (Å²) in [5.74, 6) is 0.0955. The molecular weight excluding hydrogens is 492 g/mol. The van der Waals surface area contributed by atoms with Crippen LogP contribution in [-0.2, 0) is 4.79 Å². The number of thioether (sulfide) groups is 1. The van der Waals surface area contributed by atoms with Gasteiger partial charge in [-0.25, -0.2) is 0 Å². The lowest BCUT2D eigenvalue weighted by atomic mass is 9.94. The Bertz CT molecular complexity index is 1240. The molecule has 3 aromatic rings. The molecule has 37 heavy (non-hydrogen) atoms. The van der Waals surface area contributed by atoms with Crippen LogP contribution in [-0.4, -0.2) is 63.9 Å². The van der Waals surface area contributed by atoms with Gasteiger partial charge in [0, 0.05) is 49.9 Å². The summed E-state index contributed by atoms with van der Waals surface area (Å²) < 4.78 is 5.61. The average molecular weight is 523 g/mol. The predicted molar refractivity (Wildman–Crippen MR) is 143 cm³/mol. The number of nitro benzene ring substituents is 1. The number of amides is 1. The minimum absolute atomic E-state index is 0.0571. The van der Waals surface area contributed by atoms with Gasteiger partial charge in [0.25, 0.3) is 10.9 Å². The van der Waals surface area contributed by atoms with Crippen molar-refractivity contribution in [3.8, 4) is 11.5 Å². The number of para-hydroxylation sites is 2. The van der Waals surface area contributed by atoms with Crippen LogP contribution < -0.4 is 10.2 Å². The van der Waals surface area contributed by atoms with Gasteiger partial charge in [-0.1, -0.05) is 49.2 Å². The number of hydrogen-bond acceptors (Lipinski definition) is 9. The molecule has 2 aliphatic rings. The first-order chi connectivity index (χ1) is 18.1. The second-order valence-corrected chi connectivity index (χ2v) is 10.3. The Kier molecular flexibility index (Phi) is 8.00. The van der Waals surface area contributed by atoms with Crippen LogP contribution in [0.25, 0.3) is 11.5 Å². The van der Waals surface area contributed by atoms with Gasteiger partial charge in [0.05, 0.1) is 22.1 Å². The normalized spacial score (nSPS) is 17.0. The Labute approximate surface area is 219 Å². The molecule has 0 bridgehead atoms. The summed E-state index contributed by atoms with van der Waals surface area (Å²) in [6, 6.07) is 14.6. The number of hydrogen-bond donors (Lipinski definition) is 1. The van der Waals surface area contributed by atoms with Crippen molar-refractivity contribution in [2.45, 2.75) is 43.4 Å². The minimum Gasteiger partial charge on any atom is -0.411 e. The SMILES string of the molecule is O=C(CSc1nnc(-c2cccc([N+](=O)[O-])c2)o1)Nc1ccccc1N1CCN(C2CCCCC2)CC1. The van der Waals surface area contributed by atoms with Crippen LogP contribution in [0.15, 0.2) is 58.2 Å². The van der Waals surface area contributed by atoms with Crippen LogP contribution in [0.2, 0.25) is 0 Å². The standard InChI is InChI=1S/C26H30N6O4S/c33-24(18-37-26-29-28-25(36-26)19-7-6-10-21(17-19)32(34)35)27-22-11-4-5-12-23(22)31-15-13-30(14-16-31)20-8-2-1-3-9-20/h4-7,10-12,17,20H,1-3,8-9,13-16,18H2,(H,27,33). The Morgan fingerprint density at radius 2 is 1.84 bits per heavy atom. The molecule has 11 heteroatoms. The maximum absolute atomic E-state index is 12.8. The second kappa shape index (κ2) is 11.7. The average Bonchev–Trinajstić information content (AvgIpc) is 3.42. The van der Waals surface area contributed by atoms with E-state index in [2.05, 4.69) is 31.4 Å². The zero-order valence-corrected chi connectivity index (χ0v) is 21.4. The van der Waals surface area contributed by atoms with Gasteiger partial charge in [0.1, 0.15) is 0 Å². The number of non-ortho nitro benzene ring substituents is 1. The van der Waals surface area contributed by atoms with Crippen LogP contribution in [0.4, 0.5) is 17.1 Å².